The monoisotopic (exact) mass is 186 g/mol. The number of nitrogens with two attached hydrogens (primary N) is 1. The highest BCUT2D eigenvalue weighted by Crippen LogP contribution is 2.41. The summed E-state index contributed by atoms with van der Waals surface area (Å²) >= 11 is 0. The van der Waals surface area contributed by atoms with E-state index >= 15 is 0 Å². The van der Waals surface area contributed by atoms with Crippen molar-refractivity contribution in [2.45, 2.75) is 18.8 Å². The van der Waals surface area contributed by atoms with Gasteiger partial charge in [0.25, 0.3) is 0 Å². The molecular weight excluding hydrogens is 172 g/mol. The first-order chi connectivity index (χ1) is 6.84. The van der Waals surface area contributed by atoms with E-state index in [2.05, 4.69) is 29.6 Å². The standard InChI is InChI=1S/C12H14N2/c13-10-6-9-3-1-2-8-4-5-14-11(7-10)12(8)9/h1,3,6-8,14H,2,4-5,13H2. The molecule has 2 heteroatoms. The van der Waals surface area contributed by atoms with Crippen LogP contribution in [-0.4, -0.2) is 6.54 Å². The Morgan fingerprint density at radius 2 is 2.29 bits per heavy atom. The summed E-state index contributed by atoms with van der Waals surface area (Å²) < 4.78 is 0. The fraction of sp³-hybridized carbons (Fsp3) is 0.333. The molecule has 1 aliphatic heterocycles. The number of anilines is 2. The zero-order chi connectivity index (χ0) is 9.54. The van der Waals surface area contributed by atoms with Crippen LogP contribution in [0.25, 0.3) is 6.08 Å². The van der Waals surface area contributed by atoms with E-state index in [0.29, 0.717) is 5.92 Å². The molecule has 0 bridgehead atoms. The van der Waals surface area contributed by atoms with E-state index in [1.165, 1.54) is 29.7 Å². The summed E-state index contributed by atoms with van der Waals surface area (Å²) in [6, 6.07) is 4.14. The third kappa shape index (κ3) is 1.03. The van der Waals surface area contributed by atoms with Crippen LogP contribution >= 0.6 is 0 Å². The number of hydrogen-bond acceptors (Lipinski definition) is 2. The molecule has 0 spiro atoms. The molecule has 1 aliphatic carbocycles. The maximum atomic E-state index is 5.85. The second-order valence-corrected chi connectivity index (χ2v) is 4.12. The average molecular weight is 186 g/mol. The number of benzene rings is 1. The van der Waals surface area contributed by atoms with Crippen molar-refractivity contribution >= 4 is 17.5 Å². The number of allylic oxidation sites excluding steroid dienone is 1. The van der Waals surface area contributed by atoms with Crippen molar-refractivity contribution in [1.29, 1.82) is 0 Å². The summed E-state index contributed by atoms with van der Waals surface area (Å²) in [4.78, 5) is 0. The summed E-state index contributed by atoms with van der Waals surface area (Å²) in [6.07, 6.45) is 6.89. The van der Waals surface area contributed by atoms with Crippen molar-refractivity contribution in [3.63, 3.8) is 0 Å². The normalized spacial score (nSPS) is 22.7. The van der Waals surface area contributed by atoms with Gasteiger partial charge in [-0.3, -0.25) is 0 Å². The number of nitrogens with one attached hydrogen (secondary N) is 1. The van der Waals surface area contributed by atoms with Crippen LogP contribution in [0.1, 0.15) is 29.9 Å². The highest BCUT2D eigenvalue weighted by molar-refractivity contribution is 5.73. The van der Waals surface area contributed by atoms with E-state index in [1.54, 1.807) is 0 Å². The highest BCUT2D eigenvalue weighted by Gasteiger charge is 2.23. The van der Waals surface area contributed by atoms with Gasteiger partial charge in [-0.2, -0.15) is 0 Å². The molecule has 2 aliphatic rings. The van der Waals surface area contributed by atoms with Crippen LogP contribution in [0.15, 0.2) is 18.2 Å². The van der Waals surface area contributed by atoms with E-state index < -0.39 is 0 Å². The minimum atomic E-state index is 0.715. The molecule has 0 fully saturated rings. The van der Waals surface area contributed by atoms with Crippen LogP contribution in [0.3, 0.4) is 0 Å². The quantitative estimate of drug-likeness (QED) is 0.611. The summed E-state index contributed by atoms with van der Waals surface area (Å²) in [5.41, 5.74) is 10.8. The van der Waals surface area contributed by atoms with Crippen molar-refractivity contribution in [1.82, 2.24) is 0 Å². The van der Waals surface area contributed by atoms with Crippen molar-refractivity contribution < 1.29 is 0 Å². The average Bonchev–Trinajstić information content (AvgIpc) is 2.18. The van der Waals surface area contributed by atoms with Crippen LogP contribution < -0.4 is 11.1 Å². The number of hydrogen-bond donors (Lipinski definition) is 2. The predicted molar refractivity (Wildman–Crippen MR) is 60.4 cm³/mol. The zero-order valence-corrected chi connectivity index (χ0v) is 8.09. The van der Waals surface area contributed by atoms with Gasteiger partial charge < -0.3 is 11.1 Å². The molecule has 3 rings (SSSR count). The molecule has 1 aromatic rings. The van der Waals surface area contributed by atoms with Gasteiger partial charge in [-0.15, -0.1) is 0 Å². The van der Waals surface area contributed by atoms with Crippen molar-refractivity contribution in [2.75, 3.05) is 17.6 Å². The topological polar surface area (TPSA) is 38.0 Å². The first-order valence-corrected chi connectivity index (χ1v) is 5.18. The maximum absolute atomic E-state index is 5.85. The summed E-state index contributed by atoms with van der Waals surface area (Å²) in [5, 5.41) is 3.43. The highest BCUT2D eigenvalue weighted by atomic mass is 14.9. The third-order valence-electron chi connectivity index (χ3n) is 3.17. The predicted octanol–water partition coefficient (Wildman–Crippen LogP) is 2.58. The Kier molecular flexibility index (Phi) is 1.57. The molecule has 1 unspecified atom stereocenters. The van der Waals surface area contributed by atoms with Crippen LogP contribution in [-0.2, 0) is 0 Å². The lowest BCUT2D eigenvalue weighted by molar-refractivity contribution is 0.630. The number of nitrogen functional groups attached to an aromatic ring is 1. The Balaban J connectivity index is 2.25. The minimum absolute atomic E-state index is 0.715. The number of rotatable bonds is 0. The lowest BCUT2D eigenvalue weighted by Crippen LogP contribution is -2.19. The van der Waals surface area contributed by atoms with Crippen molar-refractivity contribution in [3.05, 3.63) is 29.3 Å². The van der Waals surface area contributed by atoms with Crippen LogP contribution in [0, 0.1) is 0 Å². The second-order valence-electron chi connectivity index (χ2n) is 4.12. The molecule has 0 radical (unpaired) electrons. The smallest absolute Gasteiger partial charge is 0.0402 e. The Morgan fingerprint density at radius 3 is 3.21 bits per heavy atom. The van der Waals surface area contributed by atoms with Crippen LogP contribution in [0.5, 0.6) is 0 Å². The van der Waals surface area contributed by atoms with Gasteiger partial charge in [0.05, 0.1) is 0 Å². The molecule has 1 atom stereocenters. The SMILES string of the molecule is Nc1cc2c3c(c1)NCCC3CC=C2. The summed E-state index contributed by atoms with van der Waals surface area (Å²) in [5.74, 6) is 0.715. The van der Waals surface area contributed by atoms with Gasteiger partial charge in [-0.25, -0.2) is 0 Å². The fourth-order valence-corrected chi connectivity index (χ4v) is 2.56. The first kappa shape index (κ1) is 7.92. The van der Waals surface area contributed by atoms with Crippen LogP contribution in [0.2, 0.25) is 0 Å². The molecule has 0 saturated heterocycles. The van der Waals surface area contributed by atoms with E-state index in [9.17, 15) is 0 Å². The lowest BCUT2D eigenvalue weighted by Gasteiger charge is -2.30. The molecule has 0 aromatic heterocycles. The van der Waals surface area contributed by atoms with E-state index in [0.717, 1.165) is 12.2 Å². The van der Waals surface area contributed by atoms with Gasteiger partial charge >= 0.3 is 0 Å². The van der Waals surface area contributed by atoms with Gasteiger partial charge in [0.2, 0.25) is 0 Å². The lowest BCUT2D eigenvalue weighted by atomic mass is 9.81. The maximum Gasteiger partial charge on any atom is 0.0402 e. The molecule has 0 amide bonds. The summed E-state index contributed by atoms with van der Waals surface area (Å²) in [6.45, 7) is 1.08. The molecule has 1 aromatic carbocycles. The fourth-order valence-electron chi connectivity index (χ4n) is 2.56. The van der Waals surface area contributed by atoms with Crippen molar-refractivity contribution in [2.24, 2.45) is 0 Å². The molecule has 2 nitrogen and oxygen atoms in total. The van der Waals surface area contributed by atoms with Gasteiger partial charge in [-0.05, 0) is 42.0 Å². The molecule has 72 valence electrons. The van der Waals surface area contributed by atoms with Gasteiger partial charge in [-0.1, -0.05) is 12.2 Å². The summed E-state index contributed by atoms with van der Waals surface area (Å²) in [7, 11) is 0. The molecule has 14 heavy (non-hydrogen) atoms. The second kappa shape index (κ2) is 2.77. The molecule has 3 N–H and O–H groups in total. The Morgan fingerprint density at radius 1 is 1.36 bits per heavy atom. The first-order valence-electron chi connectivity index (χ1n) is 5.18. The molecule has 0 saturated carbocycles. The zero-order valence-electron chi connectivity index (χ0n) is 8.09. The van der Waals surface area contributed by atoms with Gasteiger partial charge in [0.1, 0.15) is 0 Å². The van der Waals surface area contributed by atoms with Crippen LogP contribution in [0.4, 0.5) is 11.4 Å². The Labute approximate surface area is 83.8 Å². The Hall–Kier alpha value is -1.44. The Bertz CT molecular complexity index is 407. The van der Waals surface area contributed by atoms with Gasteiger partial charge in [0, 0.05) is 17.9 Å². The molecular formula is C12H14N2. The van der Waals surface area contributed by atoms with E-state index in [-0.39, 0.29) is 0 Å². The van der Waals surface area contributed by atoms with E-state index in [4.69, 9.17) is 5.73 Å². The van der Waals surface area contributed by atoms with E-state index in [1.807, 2.05) is 0 Å². The third-order valence-corrected chi connectivity index (χ3v) is 3.17. The van der Waals surface area contributed by atoms with Gasteiger partial charge in [0.15, 0.2) is 0 Å². The van der Waals surface area contributed by atoms with Crippen molar-refractivity contribution in [3.8, 4) is 0 Å². The minimum Gasteiger partial charge on any atom is -0.399 e. The molecule has 1 heterocycles. The largest absolute Gasteiger partial charge is 0.399 e.